The van der Waals surface area contributed by atoms with Crippen LogP contribution in [0.4, 0.5) is 5.82 Å². The highest BCUT2D eigenvalue weighted by Gasteiger charge is 2.24. The van der Waals surface area contributed by atoms with Gasteiger partial charge in [-0.2, -0.15) is 4.98 Å². The number of anilines is 1. The molecule has 1 aliphatic rings. The van der Waals surface area contributed by atoms with E-state index in [9.17, 15) is 4.79 Å². The Kier molecular flexibility index (Phi) is 5.77. The number of hydrogen-bond acceptors (Lipinski definition) is 4. The molecule has 0 spiro atoms. The van der Waals surface area contributed by atoms with Crippen LogP contribution in [0.5, 0.6) is 5.88 Å². The van der Waals surface area contributed by atoms with E-state index in [4.69, 9.17) is 4.74 Å². The van der Waals surface area contributed by atoms with Crippen molar-refractivity contribution in [3.63, 3.8) is 0 Å². The van der Waals surface area contributed by atoms with Gasteiger partial charge in [-0.15, -0.1) is 0 Å². The predicted octanol–water partition coefficient (Wildman–Crippen LogP) is 2.93. The van der Waals surface area contributed by atoms with Gasteiger partial charge in [-0.3, -0.25) is 4.79 Å². The van der Waals surface area contributed by atoms with Gasteiger partial charge in [0.05, 0.1) is 0 Å². The molecule has 1 amide bonds. The molecule has 1 fully saturated rings. The van der Waals surface area contributed by atoms with Crippen LogP contribution in [-0.4, -0.2) is 41.5 Å². The molecule has 2 atom stereocenters. The average molecular weight is 305 g/mol. The summed E-state index contributed by atoms with van der Waals surface area (Å²) in [5, 5.41) is 2.83. The molecule has 122 valence electrons. The fourth-order valence-electron chi connectivity index (χ4n) is 2.64. The molecule has 0 radical (unpaired) electrons. The van der Waals surface area contributed by atoms with Crippen molar-refractivity contribution in [3.05, 3.63) is 18.2 Å². The first-order valence-corrected chi connectivity index (χ1v) is 8.08. The van der Waals surface area contributed by atoms with Crippen molar-refractivity contribution in [2.24, 2.45) is 5.92 Å². The number of amides is 1. The maximum atomic E-state index is 11.8. The van der Waals surface area contributed by atoms with Gasteiger partial charge >= 0.3 is 0 Å². The molecule has 1 N–H and O–H groups in total. The van der Waals surface area contributed by atoms with Crippen molar-refractivity contribution < 1.29 is 9.53 Å². The van der Waals surface area contributed by atoms with Crippen LogP contribution in [0.15, 0.2) is 18.2 Å². The fraction of sp³-hybridized carbons (Fsp3) is 0.647. The second kappa shape index (κ2) is 7.58. The molecule has 5 heteroatoms. The Morgan fingerprint density at radius 3 is 2.95 bits per heavy atom. The third kappa shape index (κ3) is 4.98. The lowest BCUT2D eigenvalue weighted by Gasteiger charge is -2.34. The summed E-state index contributed by atoms with van der Waals surface area (Å²) in [6.07, 6.45) is 2.70. The van der Waals surface area contributed by atoms with Gasteiger partial charge in [-0.25, -0.2) is 0 Å². The van der Waals surface area contributed by atoms with E-state index in [1.54, 1.807) is 6.07 Å². The highest BCUT2D eigenvalue weighted by Crippen LogP contribution is 2.21. The van der Waals surface area contributed by atoms with Gasteiger partial charge in [-0.1, -0.05) is 19.9 Å². The lowest BCUT2D eigenvalue weighted by atomic mass is 10.0. The number of pyridine rings is 1. The average Bonchev–Trinajstić information content (AvgIpc) is 2.42. The summed E-state index contributed by atoms with van der Waals surface area (Å²) < 4.78 is 5.99. The zero-order chi connectivity index (χ0) is 16.1. The lowest BCUT2D eigenvalue weighted by molar-refractivity contribution is -0.116. The number of piperidine rings is 1. The Morgan fingerprint density at radius 2 is 2.27 bits per heavy atom. The summed E-state index contributed by atoms with van der Waals surface area (Å²) >= 11 is 0. The van der Waals surface area contributed by atoms with Crippen molar-refractivity contribution in [3.8, 4) is 5.88 Å². The van der Waals surface area contributed by atoms with E-state index in [0.29, 0.717) is 30.1 Å². The number of nitrogens with one attached hydrogen (secondary N) is 1. The maximum absolute atomic E-state index is 11.8. The summed E-state index contributed by atoms with van der Waals surface area (Å²) in [4.78, 5) is 18.5. The molecular weight excluding hydrogens is 278 g/mol. The van der Waals surface area contributed by atoms with Crippen molar-refractivity contribution in [2.45, 2.75) is 52.2 Å². The van der Waals surface area contributed by atoms with Crippen LogP contribution in [0, 0.1) is 5.92 Å². The zero-order valence-electron chi connectivity index (χ0n) is 14.0. The standard InChI is InChI=1S/C17H27N3O2/c1-12(2)10-16(21)18-15-6-5-7-17(19-15)22-14-8-9-20(4)13(3)11-14/h5-7,12-14H,8-11H2,1-4H3,(H,18,19,21)/t13-,14-/m1/s1. The molecule has 0 unspecified atom stereocenters. The summed E-state index contributed by atoms with van der Waals surface area (Å²) in [7, 11) is 2.14. The van der Waals surface area contributed by atoms with Crippen LogP contribution >= 0.6 is 0 Å². The topological polar surface area (TPSA) is 54.5 Å². The first-order valence-electron chi connectivity index (χ1n) is 8.08. The van der Waals surface area contributed by atoms with E-state index in [1.807, 2.05) is 26.0 Å². The molecule has 0 bridgehead atoms. The summed E-state index contributed by atoms with van der Waals surface area (Å²) in [6.45, 7) is 7.30. The van der Waals surface area contributed by atoms with Crippen LogP contribution in [-0.2, 0) is 4.79 Å². The van der Waals surface area contributed by atoms with Crippen LogP contribution in [0.25, 0.3) is 0 Å². The van der Waals surface area contributed by atoms with Gasteiger partial charge in [0.2, 0.25) is 11.8 Å². The molecule has 22 heavy (non-hydrogen) atoms. The largest absolute Gasteiger partial charge is 0.474 e. The molecule has 2 heterocycles. The highest BCUT2D eigenvalue weighted by molar-refractivity contribution is 5.89. The van der Waals surface area contributed by atoms with Gasteiger partial charge < -0.3 is 15.0 Å². The number of hydrogen-bond donors (Lipinski definition) is 1. The van der Waals surface area contributed by atoms with Gasteiger partial charge in [0.1, 0.15) is 11.9 Å². The van der Waals surface area contributed by atoms with E-state index in [0.717, 1.165) is 19.4 Å². The van der Waals surface area contributed by atoms with Gasteiger partial charge in [0.25, 0.3) is 0 Å². The summed E-state index contributed by atoms with van der Waals surface area (Å²) in [5.74, 6) is 1.47. The number of rotatable bonds is 5. The number of nitrogens with zero attached hydrogens (tertiary/aromatic N) is 2. The van der Waals surface area contributed by atoms with Crippen molar-refractivity contribution in [1.29, 1.82) is 0 Å². The second-order valence-electron chi connectivity index (χ2n) is 6.60. The Labute approximate surface area is 133 Å². The summed E-state index contributed by atoms with van der Waals surface area (Å²) in [6, 6.07) is 6.03. The van der Waals surface area contributed by atoms with Crippen LogP contribution < -0.4 is 10.1 Å². The minimum absolute atomic E-state index is 0.00689. The van der Waals surface area contributed by atoms with Gasteiger partial charge in [0.15, 0.2) is 0 Å². The molecule has 1 aliphatic heterocycles. The van der Waals surface area contributed by atoms with Crippen LogP contribution in [0.1, 0.15) is 40.0 Å². The zero-order valence-corrected chi connectivity index (χ0v) is 14.0. The van der Waals surface area contributed by atoms with Gasteiger partial charge in [-0.05, 0) is 38.8 Å². The minimum Gasteiger partial charge on any atom is -0.474 e. The molecule has 5 nitrogen and oxygen atoms in total. The van der Waals surface area contributed by atoms with Gasteiger partial charge in [0, 0.05) is 25.1 Å². The third-order valence-corrected chi connectivity index (χ3v) is 4.03. The Balaban J connectivity index is 1.92. The number of ether oxygens (including phenoxy) is 1. The molecule has 0 aliphatic carbocycles. The fourth-order valence-corrected chi connectivity index (χ4v) is 2.64. The van der Waals surface area contributed by atoms with E-state index in [1.165, 1.54) is 0 Å². The van der Waals surface area contributed by atoms with Crippen molar-refractivity contribution >= 4 is 11.7 Å². The first-order chi connectivity index (χ1) is 10.4. The Morgan fingerprint density at radius 1 is 1.50 bits per heavy atom. The Bertz CT molecular complexity index is 504. The quantitative estimate of drug-likeness (QED) is 0.909. The molecule has 0 aromatic carbocycles. The van der Waals surface area contributed by atoms with E-state index >= 15 is 0 Å². The molecule has 1 aromatic rings. The lowest BCUT2D eigenvalue weighted by Crippen LogP contribution is -2.42. The number of likely N-dealkylation sites (tertiary alicyclic amines) is 1. The van der Waals surface area contributed by atoms with E-state index < -0.39 is 0 Å². The Hall–Kier alpha value is -1.62. The monoisotopic (exact) mass is 305 g/mol. The third-order valence-electron chi connectivity index (χ3n) is 4.03. The molecular formula is C17H27N3O2. The second-order valence-corrected chi connectivity index (χ2v) is 6.60. The van der Waals surface area contributed by atoms with E-state index in [2.05, 4.69) is 29.2 Å². The van der Waals surface area contributed by atoms with Crippen molar-refractivity contribution in [2.75, 3.05) is 18.9 Å². The molecule has 2 rings (SSSR count). The van der Waals surface area contributed by atoms with Crippen LogP contribution in [0.2, 0.25) is 0 Å². The molecule has 1 saturated heterocycles. The normalized spacial score (nSPS) is 22.6. The first kappa shape index (κ1) is 16.7. The van der Waals surface area contributed by atoms with Crippen LogP contribution in [0.3, 0.4) is 0 Å². The maximum Gasteiger partial charge on any atom is 0.225 e. The smallest absolute Gasteiger partial charge is 0.225 e. The highest BCUT2D eigenvalue weighted by atomic mass is 16.5. The summed E-state index contributed by atoms with van der Waals surface area (Å²) in [5.41, 5.74) is 0. The predicted molar refractivity (Wildman–Crippen MR) is 88.1 cm³/mol. The number of carbonyl (C=O) groups is 1. The molecule has 0 saturated carbocycles. The number of carbonyl (C=O) groups excluding carboxylic acids is 1. The number of aromatic nitrogens is 1. The minimum atomic E-state index is -0.00689. The van der Waals surface area contributed by atoms with Crippen molar-refractivity contribution in [1.82, 2.24) is 9.88 Å². The SMILES string of the molecule is CC(C)CC(=O)Nc1cccc(O[C@@H]2CCN(C)[C@H](C)C2)n1. The molecule has 1 aromatic heterocycles. The van der Waals surface area contributed by atoms with E-state index in [-0.39, 0.29) is 12.0 Å².